The summed E-state index contributed by atoms with van der Waals surface area (Å²) in [6.45, 7) is 1.92. The first-order valence-electron chi connectivity index (χ1n) is 8.66. The van der Waals surface area contributed by atoms with Crippen molar-refractivity contribution in [1.29, 1.82) is 0 Å². The van der Waals surface area contributed by atoms with Crippen molar-refractivity contribution in [3.05, 3.63) is 65.2 Å². The lowest BCUT2D eigenvalue weighted by atomic mass is 10.1. The third kappa shape index (κ3) is 4.91. The molecular weight excluding hydrogens is 332 g/mol. The Morgan fingerprint density at radius 3 is 2.54 bits per heavy atom. The van der Waals surface area contributed by atoms with Gasteiger partial charge in [0.05, 0.1) is 5.56 Å². The van der Waals surface area contributed by atoms with Crippen LogP contribution in [0.25, 0.3) is 0 Å². The molecule has 3 rings (SSSR count). The first kappa shape index (κ1) is 18.1. The van der Waals surface area contributed by atoms with E-state index in [2.05, 4.69) is 10.6 Å². The number of amides is 1. The lowest BCUT2D eigenvalue weighted by molar-refractivity contribution is -0.124. The van der Waals surface area contributed by atoms with E-state index in [4.69, 9.17) is 9.84 Å². The molecule has 1 unspecified atom stereocenters. The van der Waals surface area contributed by atoms with Crippen LogP contribution in [0.5, 0.6) is 0 Å². The molecule has 1 amide bonds. The fourth-order valence-corrected chi connectivity index (χ4v) is 2.88. The Morgan fingerprint density at radius 2 is 1.85 bits per heavy atom. The van der Waals surface area contributed by atoms with Gasteiger partial charge in [-0.05, 0) is 48.2 Å². The zero-order chi connectivity index (χ0) is 18.4. The van der Waals surface area contributed by atoms with Gasteiger partial charge >= 0.3 is 5.97 Å². The van der Waals surface area contributed by atoms with Gasteiger partial charge in [-0.2, -0.15) is 0 Å². The summed E-state index contributed by atoms with van der Waals surface area (Å²) in [5, 5.41) is 15.1. The summed E-state index contributed by atoms with van der Waals surface area (Å²) in [5.41, 5.74) is 3.11. The number of ether oxygens (including phenoxy) is 1. The fourth-order valence-electron chi connectivity index (χ4n) is 2.88. The van der Waals surface area contributed by atoms with Gasteiger partial charge in [-0.1, -0.05) is 24.3 Å². The van der Waals surface area contributed by atoms with Gasteiger partial charge in [-0.25, -0.2) is 4.79 Å². The Hall–Kier alpha value is -2.70. The molecule has 0 aromatic heterocycles. The Kier molecular flexibility index (Phi) is 5.99. The van der Waals surface area contributed by atoms with Gasteiger partial charge in [-0.3, -0.25) is 4.79 Å². The molecule has 1 fully saturated rings. The molecule has 6 nitrogen and oxygen atoms in total. The number of rotatable bonds is 7. The maximum atomic E-state index is 12.1. The van der Waals surface area contributed by atoms with Crippen molar-refractivity contribution in [2.45, 2.75) is 32.0 Å². The average molecular weight is 354 g/mol. The molecular formula is C20H22N2O4. The van der Waals surface area contributed by atoms with Crippen molar-refractivity contribution < 1.29 is 19.4 Å². The summed E-state index contributed by atoms with van der Waals surface area (Å²) in [4.78, 5) is 23.0. The van der Waals surface area contributed by atoms with Crippen LogP contribution in [0, 0.1) is 0 Å². The number of carboxylic acids is 1. The number of anilines is 1. The Bertz CT molecular complexity index is 768. The van der Waals surface area contributed by atoms with Gasteiger partial charge < -0.3 is 20.5 Å². The lowest BCUT2D eigenvalue weighted by Crippen LogP contribution is -2.26. The highest BCUT2D eigenvalue weighted by Gasteiger charge is 2.23. The second kappa shape index (κ2) is 8.60. The molecule has 1 aliphatic rings. The average Bonchev–Trinajstić information content (AvgIpc) is 3.17. The second-order valence-corrected chi connectivity index (χ2v) is 6.30. The van der Waals surface area contributed by atoms with E-state index in [1.807, 2.05) is 24.3 Å². The molecule has 0 saturated carbocycles. The summed E-state index contributed by atoms with van der Waals surface area (Å²) in [6.07, 6.45) is 1.36. The topological polar surface area (TPSA) is 87.7 Å². The molecule has 0 spiro atoms. The van der Waals surface area contributed by atoms with Gasteiger partial charge in [0.15, 0.2) is 0 Å². The SMILES string of the molecule is O=C(O)c1ccc(CNCc2cccc(NC(=O)C3CCCO3)c2)cc1. The molecule has 0 radical (unpaired) electrons. The van der Waals surface area contributed by atoms with Crippen LogP contribution >= 0.6 is 0 Å². The predicted molar refractivity (Wildman–Crippen MR) is 98.0 cm³/mol. The van der Waals surface area contributed by atoms with E-state index in [-0.39, 0.29) is 17.6 Å². The number of hydrogen-bond donors (Lipinski definition) is 3. The van der Waals surface area contributed by atoms with E-state index in [1.54, 1.807) is 24.3 Å². The molecule has 6 heteroatoms. The Labute approximate surface area is 152 Å². The molecule has 26 heavy (non-hydrogen) atoms. The number of aromatic carboxylic acids is 1. The van der Waals surface area contributed by atoms with Crippen molar-refractivity contribution in [2.75, 3.05) is 11.9 Å². The van der Waals surface area contributed by atoms with E-state index in [1.165, 1.54) is 0 Å². The van der Waals surface area contributed by atoms with Crippen LogP contribution in [-0.4, -0.2) is 29.7 Å². The minimum atomic E-state index is -0.925. The normalized spacial score (nSPS) is 16.4. The highest BCUT2D eigenvalue weighted by Crippen LogP contribution is 2.16. The number of carboxylic acid groups (broad SMARTS) is 1. The van der Waals surface area contributed by atoms with Gasteiger partial charge in [0.2, 0.25) is 0 Å². The third-order valence-corrected chi connectivity index (χ3v) is 4.28. The number of nitrogens with one attached hydrogen (secondary N) is 2. The lowest BCUT2D eigenvalue weighted by Gasteiger charge is -2.12. The van der Waals surface area contributed by atoms with E-state index in [0.717, 1.165) is 29.7 Å². The molecule has 0 bridgehead atoms. The van der Waals surface area contributed by atoms with Crippen LogP contribution in [0.4, 0.5) is 5.69 Å². The van der Waals surface area contributed by atoms with Crippen LogP contribution in [0.3, 0.4) is 0 Å². The van der Waals surface area contributed by atoms with Gasteiger partial charge in [-0.15, -0.1) is 0 Å². The van der Waals surface area contributed by atoms with Crippen molar-refractivity contribution in [2.24, 2.45) is 0 Å². The number of carbonyl (C=O) groups is 2. The van der Waals surface area contributed by atoms with Crippen molar-refractivity contribution >= 4 is 17.6 Å². The largest absolute Gasteiger partial charge is 0.478 e. The summed E-state index contributed by atoms with van der Waals surface area (Å²) < 4.78 is 5.39. The van der Waals surface area contributed by atoms with Gasteiger partial charge in [0.1, 0.15) is 6.10 Å². The first-order chi connectivity index (χ1) is 12.6. The second-order valence-electron chi connectivity index (χ2n) is 6.30. The smallest absolute Gasteiger partial charge is 0.335 e. The van der Waals surface area contributed by atoms with E-state index < -0.39 is 5.97 Å². The fraction of sp³-hybridized carbons (Fsp3) is 0.300. The minimum Gasteiger partial charge on any atom is -0.478 e. The molecule has 1 saturated heterocycles. The molecule has 2 aromatic rings. The summed E-state index contributed by atoms with van der Waals surface area (Å²) >= 11 is 0. The molecule has 1 atom stereocenters. The Morgan fingerprint density at radius 1 is 1.08 bits per heavy atom. The van der Waals surface area contributed by atoms with Crippen molar-refractivity contribution in [3.63, 3.8) is 0 Å². The van der Waals surface area contributed by atoms with Crippen LogP contribution in [0.1, 0.15) is 34.3 Å². The molecule has 1 heterocycles. The summed E-state index contributed by atoms with van der Waals surface area (Å²) in [7, 11) is 0. The molecule has 2 aromatic carbocycles. The van der Waals surface area contributed by atoms with E-state index in [9.17, 15) is 9.59 Å². The van der Waals surface area contributed by atoms with Crippen LogP contribution in [0.15, 0.2) is 48.5 Å². The summed E-state index contributed by atoms with van der Waals surface area (Å²) in [6, 6.07) is 14.5. The summed E-state index contributed by atoms with van der Waals surface area (Å²) in [5.74, 6) is -1.02. The number of benzene rings is 2. The van der Waals surface area contributed by atoms with Crippen LogP contribution in [0.2, 0.25) is 0 Å². The monoisotopic (exact) mass is 354 g/mol. The van der Waals surface area contributed by atoms with E-state index in [0.29, 0.717) is 19.7 Å². The number of hydrogen-bond acceptors (Lipinski definition) is 4. The maximum absolute atomic E-state index is 12.1. The van der Waals surface area contributed by atoms with Gasteiger partial charge in [0.25, 0.3) is 5.91 Å². The van der Waals surface area contributed by atoms with Gasteiger partial charge in [0, 0.05) is 25.4 Å². The Balaban J connectivity index is 1.50. The molecule has 3 N–H and O–H groups in total. The van der Waals surface area contributed by atoms with E-state index >= 15 is 0 Å². The highest BCUT2D eigenvalue weighted by molar-refractivity contribution is 5.94. The molecule has 0 aliphatic carbocycles. The van der Waals surface area contributed by atoms with Crippen molar-refractivity contribution in [1.82, 2.24) is 5.32 Å². The number of carbonyl (C=O) groups excluding carboxylic acids is 1. The van der Waals surface area contributed by atoms with Crippen LogP contribution < -0.4 is 10.6 Å². The standard InChI is InChI=1S/C20H22N2O4/c23-19(18-5-2-10-26-18)22-17-4-1-3-15(11-17)13-21-12-14-6-8-16(9-7-14)20(24)25/h1,3-4,6-9,11,18,21H,2,5,10,12-13H2,(H,22,23)(H,24,25). The third-order valence-electron chi connectivity index (χ3n) is 4.28. The van der Waals surface area contributed by atoms with Crippen molar-refractivity contribution in [3.8, 4) is 0 Å². The minimum absolute atomic E-state index is 0.0915. The highest BCUT2D eigenvalue weighted by atomic mass is 16.5. The molecule has 1 aliphatic heterocycles. The van der Waals surface area contributed by atoms with Crippen LogP contribution in [-0.2, 0) is 22.6 Å². The molecule has 136 valence electrons. The predicted octanol–water partition coefficient (Wildman–Crippen LogP) is 2.79. The first-order valence-corrected chi connectivity index (χ1v) is 8.66. The quantitative estimate of drug-likeness (QED) is 0.712. The zero-order valence-electron chi connectivity index (χ0n) is 14.4. The zero-order valence-corrected chi connectivity index (χ0v) is 14.4. The maximum Gasteiger partial charge on any atom is 0.335 e.